The fourth-order valence-electron chi connectivity index (χ4n) is 4.88. The molecule has 2 amide bonds. The fourth-order valence-corrected chi connectivity index (χ4v) is 4.88. The lowest BCUT2D eigenvalue weighted by Gasteiger charge is -2.35. The summed E-state index contributed by atoms with van der Waals surface area (Å²) >= 11 is 0. The van der Waals surface area contributed by atoms with Crippen molar-refractivity contribution in [3.8, 4) is 17.2 Å². The van der Waals surface area contributed by atoms with Crippen LogP contribution in [0.1, 0.15) is 28.8 Å². The van der Waals surface area contributed by atoms with Crippen molar-refractivity contribution in [1.82, 2.24) is 19.8 Å². The molecule has 2 aliphatic rings. The number of carbonyl (C=O) groups is 2. The maximum atomic E-state index is 12.8. The van der Waals surface area contributed by atoms with Crippen molar-refractivity contribution in [2.75, 3.05) is 26.2 Å². The minimum Gasteiger partial charge on any atom is -0.443 e. The van der Waals surface area contributed by atoms with Crippen LogP contribution in [0.5, 0.6) is 0 Å². The molecule has 2 fully saturated rings. The number of aromatic amines is 1. The van der Waals surface area contributed by atoms with E-state index in [2.05, 4.69) is 28.2 Å². The Kier molecular flexibility index (Phi) is 6.54. The van der Waals surface area contributed by atoms with Crippen molar-refractivity contribution < 1.29 is 19.1 Å². The van der Waals surface area contributed by atoms with E-state index in [0.29, 0.717) is 55.7 Å². The van der Waals surface area contributed by atoms with Crippen LogP contribution < -0.4 is 0 Å². The van der Waals surface area contributed by atoms with Crippen molar-refractivity contribution in [2.24, 2.45) is 0 Å². The van der Waals surface area contributed by atoms with E-state index in [-0.39, 0.29) is 11.8 Å². The highest BCUT2D eigenvalue weighted by molar-refractivity contribution is 5.95. The van der Waals surface area contributed by atoms with Gasteiger partial charge < -0.3 is 24.3 Å². The number of H-pyrrole nitrogens is 1. The highest BCUT2D eigenvalue weighted by Gasteiger charge is 2.50. The summed E-state index contributed by atoms with van der Waals surface area (Å²) in [5, 5.41) is 19.7. The van der Waals surface area contributed by atoms with Gasteiger partial charge in [-0.15, -0.1) is 0 Å². The summed E-state index contributed by atoms with van der Waals surface area (Å²) in [6, 6.07) is 23.1. The predicted octanol–water partition coefficient (Wildman–Crippen LogP) is 4.34. The summed E-state index contributed by atoms with van der Waals surface area (Å²) in [6.45, 7) is 1.93. The second kappa shape index (κ2) is 10.3. The van der Waals surface area contributed by atoms with Gasteiger partial charge in [0.1, 0.15) is 11.1 Å². The number of rotatable bonds is 3. The summed E-state index contributed by atoms with van der Waals surface area (Å²) < 4.78 is 5.00. The Bertz CT molecular complexity index is 1740. The number of benzene rings is 3. The average Bonchev–Trinajstić information content (AvgIpc) is 3.37. The Morgan fingerprint density at radius 2 is 1.65 bits per heavy atom. The van der Waals surface area contributed by atoms with E-state index in [1.54, 1.807) is 28.0 Å². The molecule has 40 heavy (non-hydrogen) atoms. The number of amides is 2. The van der Waals surface area contributed by atoms with Gasteiger partial charge in [0.2, 0.25) is 0 Å². The molecule has 1 saturated heterocycles. The Hall–Kier alpha value is -4.94. The third-order valence-corrected chi connectivity index (χ3v) is 7.45. The quantitative estimate of drug-likeness (QED) is 0.355. The number of aliphatic hydroxyl groups is 1. The van der Waals surface area contributed by atoms with Gasteiger partial charge in [-0.2, -0.15) is 5.26 Å². The molecule has 9 heteroatoms. The van der Waals surface area contributed by atoms with E-state index < -0.39 is 5.60 Å². The van der Waals surface area contributed by atoms with Crippen LogP contribution in [0, 0.1) is 11.3 Å². The third-order valence-electron chi connectivity index (χ3n) is 7.45. The first-order valence-electron chi connectivity index (χ1n) is 13.2. The number of aromatic nitrogens is 2. The molecule has 2 aromatic heterocycles. The molecule has 5 aromatic rings. The van der Waals surface area contributed by atoms with Crippen molar-refractivity contribution in [3.05, 3.63) is 90.4 Å². The predicted molar refractivity (Wildman–Crippen MR) is 149 cm³/mol. The lowest BCUT2D eigenvalue weighted by molar-refractivity contribution is -0.143. The number of nitriles is 1. The van der Waals surface area contributed by atoms with E-state index in [0.717, 1.165) is 27.5 Å². The first kappa shape index (κ1) is 25.3. The van der Waals surface area contributed by atoms with E-state index >= 15 is 0 Å². The zero-order valence-electron chi connectivity index (χ0n) is 21.7. The molecule has 2 N–H and O–H groups in total. The minimum absolute atomic E-state index is 0.0186. The maximum absolute atomic E-state index is 12.8. The topological polar surface area (TPSA) is 126 Å². The molecule has 3 heterocycles. The molecule has 0 atom stereocenters. The van der Waals surface area contributed by atoms with Crippen molar-refractivity contribution in [1.29, 1.82) is 5.26 Å². The third kappa shape index (κ3) is 5.05. The van der Waals surface area contributed by atoms with Crippen LogP contribution in [0.25, 0.3) is 33.1 Å². The fraction of sp³-hybridized carbons (Fsp3) is 0.226. The highest BCUT2D eigenvalue weighted by Crippen LogP contribution is 2.37. The van der Waals surface area contributed by atoms with Gasteiger partial charge in [-0.05, 0) is 71.8 Å². The number of hydrogen-bond donors (Lipinski definition) is 2. The van der Waals surface area contributed by atoms with E-state index in [1.807, 2.05) is 42.6 Å². The van der Waals surface area contributed by atoms with Gasteiger partial charge in [-0.1, -0.05) is 18.2 Å². The second-order valence-corrected chi connectivity index (χ2v) is 10.1. The minimum atomic E-state index is -1.13. The number of hydrogen-bond acceptors (Lipinski definition) is 6. The zero-order chi connectivity index (χ0) is 27.7. The molecule has 0 spiro atoms. The van der Waals surface area contributed by atoms with Crippen molar-refractivity contribution in [2.45, 2.75) is 18.4 Å². The number of piperazine rings is 1. The van der Waals surface area contributed by atoms with E-state index in [9.17, 15) is 14.7 Å². The monoisotopic (exact) mass is 533 g/mol. The normalized spacial score (nSPS) is 15.8. The van der Waals surface area contributed by atoms with E-state index in [1.165, 1.54) is 6.39 Å². The average molecular weight is 534 g/mol. The number of fused-ring (bicyclic) bond motifs is 2. The van der Waals surface area contributed by atoms with Gasteiger partial charge in [-0.3, -0.25) is 9.59 Å². The van der Waals surface area contributed by atoms with Gasteiger partial charge >= 0.3 is 0 Å². The molecule has 7 rings (SSSR count). The molecular weight excluding hydrogens is 506 g/mol. The Balaban J connectivity index is 0.000000219. The Morgan fingerprint density at radius 3 is 2.38 bits per heavy atom. The van der Waals surface area contributed by atoms with Crippen LogP contribution in [-0.2, 0) is 4.79 Å². The number of oxazole rings is 1. The van der Waals surface area contributed by atoms with E-state index in [4.69, 9.17) is 9.68 Å². The molecule has 200 valence electrons. The van der Waals surface area contributed by atoms with Crippen molar-refractivity contribution >= 4 is 33.8 Å². The maximum Gasteiger partial charge on any atom is 0.254 e. The van der Waals surface area contributed by atoms with Gasteiger partial charge in [0.05, 0.1) is 11.6 Å². The van der Waals surface area contributed by atoms with Crippen molar-refractivity contribution in [3.63, 3.8) is 0 Å². The smallest absolute Gasteiger partial charge is 0.254 e. The van der Waals surface area contributed by atoms with Crippen LogP contribution >= 0.6 is 0 Å². The first-order chi connectivity index (χ1) is 19.4. The summed E-state index contributed by atoms with van der Waals surface area (Å²) in [5.41, 5.74) is 4.83. The zero-order valence-corrected chi connectivity index (χ0v) is 21.7. The standard InChI is InChI=1S/C23H23N3O3.C8H4N2O/c27-21(25-11-13-26(14-12-25)22(28)23(29)8-9-23)17-3-1-16(2-4-17)18-5-6-20-19(15-18)7-10-24-20;9-4-6-1-2-7-8(3-6)11-5-10-7/h1-7,10,15,24,29H,8-9,11-14H2;1-3,5H. The Labute approximate surface area is 230 Å². The van der Waals surface area contributed by atoms with Gasteiger partial charge in [-0.25, -0.2) is 4.98 Å². The van der Waals surface area contributed by atoms with Crippen LogP contribution in [0.3, 0.4) is 0 Å². The molecular formula is C31H27N5O4. The molecule has 3 aromatic carbocycles. The molecule has 0 bridgehead atoms. The molecule has 1 aliphatic carbocycles. The lowest BCUT2D eigenvalue weighted by atomic mass is 10.0. The van der Waals surface area contributed by atoms with Crippen LogP contribution in [0.15, 0.2) is 83.7 Å². The molecule has 9 nitrogen and oxygen atoms in total. The summed E-state index contributed by atoms with van der Waals surface area (Å²) in [4.78, 5) is 35.6. The number of nitrogens with zero attached hydrogens (tertiary/aromatic N) is 4. The second-order valence-electron chi connectivity index (χ2n) is 10.1. The Morgan fingerprint density at radius 1 is 0.925 bits per heavy atom. The van der Waals surface area contributed by atoms with Crippen LogP contribution in [0.4, 0.5) is 0 Å². The van der Waals surface area contributed by atoms with Crippen LogP contribution in [0.2, 0.25) is 0 Å². The summed E-state index contributed by atoms with van der Waals surface area (Å²) in [5.74, 6) is -0.205. The van der Waals surface area contributed by atoms with Crippen LogP contribution in [-0.4, -0.2) is 68.5 Å². The lowest BCUT2D eigenvalue weighted by Crippen LogP contribution is -2.53. The number of nitrogens with one attached hydrogen (secondary N) is 1. The summed E-state index contributed by atoms with van der Waals surface area (Å²) in [6.07, 6.45) is 4.39. The SMILES string of the molecule is N#Cc1ccc2ncoc2c1.O=C(c1ccc(-c2ccc3[nH]ccc3c2)cc1)N1CCN(C(=O)C2(O)CC2)CC1. The highest BCUT2D eigenvalue weighted by atomic mass is 16.3. The summed E-state index contributed by atoms with van der Waals surface area (Å²) in [7, 11) is 0. The molecule has 0 unspecified atom stereocenters. The van der Waals surface area contributed by atoms with Gasteiger partial charge in [0, 0.05) is 49.5 Å². The molecule has 0 radical (unpaired) electrons. The molecule has 1 aliphatic heterocycles. The first-order valence-corrected chi connectivity index (χ1v) is 13.2. The molecule has 1 saturated carbocycles. The largest absolute Gasteiger partial charge is 0.443 e. The number of carbonyl (C=O) groups excluding carboxylic acids is 2. The van der Waals surface area contributed by atoms with Gasteiger partial charge in [0.15, 0.2) is 12.0 Å². The van der Waals surface area contributed by atoms with Gasteiger partial charge in [0.25, 0.3) is 11.8 Å².